The van der Waals surface area contributed by atoms with Gasteiger partial charge < -0.3 is 10.6 Å². The van der Waals surface area contributed by atoms with Crippen LogP contribution in [0, 0.1) is 6.92 Å². The van der Waals surface area contributed by atoms with Crippen molar-refractivity contribution in [3.8, 4) is 0 Å². The number of benzene rings is 1. The van der Waals surface area contributed by atoms with E-state index < -0.39 is 0 Å². The van der Waals surface area contributed by atoms with Crippen molar-refractivity contribution in [2.45, 2.75) is 56.5 Å². The van der Waals surface area contributed by atoms with Crippen molar-refractivity contribution in [2.24, 2.45) is 0 Å². The second kappa shape index (κ2) is 4.32. The van der Waals surface area contributed by atoms with Gasteiger partial charge in [-0.25, -0.2) is 0 Å². The van der Waals surface area contributed by atoms with Crippen molar-refractivity contribution in [3.05, 3.63) is 34.9 Å². The normalized spacial score (nSPS) is 28.6. The smallest absolute Gasteiger partial charge is 0.0334 e. The Bertz CT molecular complexity index is 484. The van der Waals surface area contributed by atoms with Gasteiger partial charge >= 0.3 is 0 Å². The van der Waals surface area contributed by atoms with Gasteiger partial charge in [-0.15, -0.1) is 0 Å². The van der Waals surface area contributed by atoms with Crippen LogP contribution in [0.3, 0.4) is 0 Å². The molecule has 102 valence electrons. The molecule has 1 aliphatic heterocycles. The van der Waals surface area contributed by atoms with Crippen LogP contribution in [0.2, 0.25) is 0 Å². The van der Waals surface area contributed by atoms with Gasteiger partial charge in [-0.1, -0.05) is 23.8 Å². The van der Waals surface area contributed by atoms with Crippen LogP contribution in [-0.2, 0) is 5.41 Å². The average molecular weight is 256 g/mol. The van der Waals surface area contributed by atoms with E-state index in [0.29, 0.717) is 11.5 Å². The van der Waals surface area contributed by atoms with Crippen molar-refractivity contribution in [3.63, 3.8) is 0 Å². The maximum absolute atomic E-state index is 3.89. The average Bonchev–Trinajstić information content (AvgIpc) is 3.18. The molecule has 0 unspecified atom stereocenters. The maximum Gasteiger partial charge on any atom is 0.0334 e. The third-order valence-corrected chi connectivity index (χ3v) is 5.32. The van der Waals surface area contributed by atoms with Crippen molar-refractivity contribution >= 4 is 0 Å². The van der Waals surface area contributed by atoms with E-state index in [1.807, 2.05) is 0 Å². The Labute approximate surface area is 116 Å². The van der Waals surface area contributed by atoms with E-state index in [0.717, 1.165) is 6.04 Å². The highest BCUT2D eigenvalue weighted by Gasteiger charge is 2.45. The summed E-state index contributed by atoms with van der Waals surface area (Å²) in [6.45, 7) is 4.59. The summed E-state index contributed by atoms with van der Waals surface area (Å²) in [4.78, 5) is 0. The summed E-state index contributed by atoms with van der Waals surface area (Å²) in [5.41, 5.74) is 5.12. The van der Waals surface area contributed by atoms with Gasteiger partial charge in [-0.05, 0) is 68.7 Å². The van der Waals surface area contributed by atoms with Gasteiger partial charge in [0.15, 0.2) is 0 Å². The van der Waals surface area contributed by atoms with Crippen LogP contribution in [0.15, 0.2) is 18.2 Å². The minimum atomic E-state index is 0.459. The number of hydrogen-bond acceptors (Lipinski definition) is 2. The number of piperidine rings is 1. The molecule has 1 saturated carbocycles. The van der Waals surface area contributed by atoms with Crippen LogP contribution in [0.5, 0.6) is 0 Å². The topological polar surface area (TPSA) is 24.1 Å². The minimum absolute atomic E-state index is 0.459. The van der Waals surface area contributed by atoms with Crippen LogP contribution in [0.25, 0.3) is 0 Å². The van der Waals surface area contributed by atoms with E-state index in [4.69, 9.17) is 0 Å². The Kier molecular flexibility index (Phi) is 2.71. The predicted molar refractivity (Wildman–Crippen MR) is 78.5 cm³/mol. The Hall–Kier alpha value is -0.860. The molecule has 2 N–H and O–H groups in total. The van der Waals surface area contributed by atoms with Gasteiger partial charge in [0.1, 0.15) is 0 Å². The lowest BCUT2D eigenvalue weighted by atomic mass is 9.74. The number of nitrogens with one attached hydrogen (secondary N) is 2. The van der Waals surface area contributed by atoms with Crippen molar-refractivity contribution in [1.29, 1.82) is 0 Å². The van der Waals surface area contributed by atoms with E-state index in [-0.39, 0.29) is 0 Å². The highest BCUT2D eigenvalue weighted by molar-refractivity contribution is 5.45. The molecule has 0 radical (unpaired) electrons. The molecule has 4 rings (SSSR count). The Morgan fingerprint density at radius 1 is 1.21 bits per heavy atom. The van der Waals surface area contributed by atoms with Crippen LogP contribution in [0.1, 0.15) is 54.8 Å². The lowest BCUT2D eigenvalue weighted by molar-refractivity contribution is 0.282. The molecular formula is C17H24N2. The van der Waals surface area contributed by atoms with Crippen molar-refractivity contribution < 1.29 is 0 Å². The van der Waals surface area contributed by atoms with Gasteiger partial charge in [0.25, 0.3) is 0 Å². The molecule has 2 fully saturated rings. The van der Waals surface area contributed by atoms with Gasteiger partial charge in [0, 0.05) is 12.1 Å². The standard InChI is InChI=1S/C17H24N2/c1-12-2-5-15-14(10-12)16(19-13-3-4-13)11-17(15)6-8-18-9-7-17/h2,5,10,13,16,18-19H,3-4,6-9,11H2,1H3/t16-/m1/s1. The van der Waals surface area contributed by atoms with Crippen molar-refractivity contribution in [1.82, 2.24) is 10.6 Å². The lowest BCUT2D eigenvalue weighted by Crippen LogP contribution is -2.39. The largest absolute Gasteiger partial charge is 0.317 e. The van der Waals surface area contributed by atoms with E-state index in [1.54, 1.807) is 11.1 Å². The summed E-state index contributed by atoms with van der Waals surface area (Å²) in [6, 6.07) is 8.58. The van der Waals surface area contributed by atoms with E-state index in [1.165, 1.54) is 50.8 Å². The second-order valence-corrected chi connectivity index (χ2v) is 6.82. The summed E-state index contributed by atoms with van der Waals surface area (Å²) in [5, 5.41) is 7.41. The first-order valence-electron chi connectivity index (χ1n) is 7.85. The molecule has 1 spiro atoms. The summed E-state index contributed by atoms with van der Waals surface area (Å²) in [5.74, 6) is 0. The van der Waals surface area contributed by atoms with Gasteiger partial charge in [0.05, 0.1) is 0 Å². The monoisotopic (exact) mass is 256 g/mol. The number of rotatable bonds is 2. The number of fused-ring (bicyclic) bond motifs is 2. The Balaban J connectivity index is 1.72. The molecule has 2 aliphatic carbocycles. The summed E-state index contributed by atoms with van der Waals surface area (Å²) < 4.78 is 0. The highest BCUT2D eigenvalue weighted by Crippen LogP contribution is 2.50. The molecule has 0 bridgehead atoms. The molecule has 1 heterocycles. The van der Waals surface area contributed by atoms with E-state index in [9.17, 15) is 0 Å². The molecule has 3 aliphatic rings. The van der Waals surface area contributed by atoms with Crippen LogP contribution in [-0.4, -0.2) is 19.1 Å². The first-order valence-corrected chi connectivity index (χ1v) is 7.85. The zero-order valence-corrected chi connectivity index (χ0v) is 11.8. The quantitative estimate of drug-likeness (QED) is 0.850. The zero-order chi connectivity index (χ0) is 12.9. The fraction of sp³-hybridized carbons (Fsp3) is 0.647. The molecule has 2 nitrogen and oxygen atoms in total. The third kappa shape index (κ3) is 2.02. The second-order valence-electron chi connectivity index (χ2n) is 6.82. The van der Waals surface area contributed by atoms with Crippen LogP contribution < -0.4 is 10.6 Å². The Morgan fingerprint density at radius 3 is 2.74 bits per heavy atom. The molecule has 0 aromatic heterocycles. The summed E-state index contributed by atoms with van der Waals surface area (Å²) in [6.07, 6.45) is 6.71. The Morgan fingerprint density at radius 2 is 2.00 bits per heavy atom. The highest BCUT2D eigenvalue weighted by atomic mass is 15.0. The molecule has 1 aromatic rings. The zero-order valence-electron chi connectivity index (χ0n) is 11.8. The minimum Gasteiger partial charge on any atom is -0.317 e. The van der Waals surface area contributed by atoms with Crippen LogP contribution >= 0.6 is 0 Å². The van der Waals surface area contributed by atoms with Gasteiger partial charge in [0.2, 0.25) is 0 Å². The SMILES string of the molecule is Cc1ccc2c(c1)[C@H](NC1CC1)CC21CCNCC1. The van der Waals surface area contributed by atoms with E-state index in [2.05, 4.69) is 35.8 Å². The lowest BCUT2D eigenvalue weighted by Gasteiger charge is -2.35. The number of aryl methyl sites for hydroxylation is 1. The molecule has 1 aromatic carbocycles. The maximum atomic E-state index is 3.89. The molecule has 0 amide bonds. The summed E-state index contributed by atoms with van der Waals surface area (Å²) >= 11 is 0. The molecule has 2 heteroatoms. The number of hydrogen-bond donors (Lipinski definition) is 2. The fourth-order valence-electron chi connectivity index (χ4n) is 4.13. The van der Waals surface area contributed by atoms with Gasteiger partial charge in [-0.3, -0.25) is 0 Å². The first-order chi connectivity index (χ1) is 9.27. The molecule has 19 heavy (non-hydrogen) atoms. The van der Waals surface area contributed by atoms with Crippen LogP contribution in [0.4, 0.5) is 0 Å². The predicted octanol–water partition coefficient (Wildman–Crippen LogP) is 2.81. The molecule has 1 atom stereocenters. The third-order valence-electron chi connectivity index (χ3n) is 5.32. The molecule has 1 saturated heterocycles. The summed E-state index contributed by atoms with van der Waals surface area (Å²) in [7, 11) is 0. The van der Waals surface area contributed by atoms with Gasteiger partial charge in [-0.2, -0.15) is 0 Å². The first kappa shape index (κ1) is 11.9. The molecular weight excluding hydrogens is 232 g/mol. The van der Waals surface area contributed by atoms with E-state index >= 15 is 0 Å². The fourth-order valence-corrected chi connectivity index (χ4v) is 4.13. The van der Waals surface area contributed by atoms with Crippen molar-refractivity contribution in [2.75, 3.05) is 13.1 Å².